The first-order chi connectivity index (χ1) is 5.38. The van der Waals surface area contributed by atoms with Crippen LogP contribution in [0.25, 0.3) is 0 Å². The van der Waals surface area contributed by atoms with E-state index in [9.17, 15) is 0 Å². The van der Waals surface area contributed by atoms with Crippen LogP contribution < -0.4 is 0 Å². The molecule has 0 bridgehead atoms. The van der Waals surface area contributed by atoms with Crippen molar-refractivity contribution in [2.24, 2.45) is 11.8 Å². The van der Waals surface area contributed by atoms with Gasteiger partial charge in [-0.1, -0.05) is 38.0 Å². The lowest BCUT2D eigenvalue weighted by Crippen LogP contribution is -1.71. The fourth-order valence-corrected chi connectivity index (χ4v) is 1.32. The van der Waals surface area contributed by atoms with Gasteiger partial charge in [0, 0.05) is 0 Å². The Kier molecular flexibility index (Phi) is 3.41. The van der Waals surface area contributed by atoms with Gasteiger partial charge in [0.1, 0.15) is 0 Å². The topological polar surface area (TPSA) is 0 Å². The van der Waals surface area contributed by atoms with Gasteiger partial charge in [-0.15, -0.1) is 6.58 Å². The van der Waals surface area contributed by atoms with Crippen LogP contribution in [0.15, 0.2) is 24.8 Å². The van der Waals surface area contributed by atoms with Gasteiger partial charge in [-0.2, -0.15) is 0 Å². The van der Waals surface area contributed by atoms with E-state index >= 15 is 0 Å². The standard InChI is InChI=1S/C11H18/c1-3-5-6-7-8-11-9-10(11)4-2/h4,7-8,10-11H,2-3,5-6,9H2,1H3/b8-7-/t10-,11+/m0/s1. The van der Waals surface area contributed by atoms with Crippen molar-refractivity contribution in [1.29, 1.82) is 0 Å². The maximum absolute atomic E-state index is 3.78. The predicted octanol–water partition coefficient (Wildman–Crippen LogP) is 3.55. The molecule has 1 saturated carbocycles. The highest BCUT2D eigenvalue weighted by atomic mass is 14.3. The van der Waals surface area contributed by atoms with Crippen molar-refractivity contribution in [3.8, 4) is 0 Å². The van der Waals surface area contributed by atoms with E-state index in [0.717, 1.165) is 11.8 Å². The highest BCUT2D eigenvalue weighted by Gasteiger charge is 2.31. The molecule has 11 heavy (non-hydrogen) atoms. The van der Waals surface area contributed by atoms with Gasteiger partial charge in [-0.05, 0) is 24.7 Å². The van der Waals surface area contributed by atoms with Gasteiger partial charge >= 0.3 is 0 Å². The Balaban J connectivity index is 2.03. The average Bonchev–Trinajstić information content (AvgIpc) is 2.77. The SMILES string of the molecule is C=C[C@H]1C[C@H]1/C=C\CCCC. The van der Waals surface area contributed by atoms with E-state index in [1.165, 1.54) is 25.7 Å². The van der Waals surface area contributed by atoms with Gasteiger partial charge in [0.05, 0.1) is 0 Å². The second kappa shape index (κ2) is 4.38. The Labute approximate surface area is 70.0 Å². The Morgan fingerprint density at radius 1 is 1.45 bits per heavy atom. The fourth-order valence-electron chi connectivity index (χ4n) is 1.32. The number of allylic oxidation sites excluding steroid dienone is 3. The molecule has 1 rings (SSSR count). The minimum atomic E-state index is 0.799. The summed E-state index contributed by atoms with van der Waals surface area (Å²) < 4.78 is 0. The molecule has 0 heteroatoms. The zero-order valence-electron chi connectivity index (χ0n) is 7.42. The quantitative estimate of drug-likeness (QED) is 0.415. The summed E-state index contributed by atoms with van der Waals surface area (Å²) in [6, 6.07) is 0. The van der Waals surface area contributed by atoms with E-state index in [1.54, 1.807) is 0 Å². The maximum Gasteiger partial charge on any atom is -0.0165 e. The Hall–Kier alpha value is -0.520. The van der Waals surface area contributed by atoms with E-state index < -0.39 is 0 Å². The fraction of sp³-hybridized carbons (Fsp3) is 0.636. The molecule has 0 spiro atoms. The van der Waals surface area contributed by atoms with Crippen molar-refractivity contribution in [3.05, 3.63) is 24.8 Å². The lowest BCUT2D eigenvalue weighted by Gasteiger charge is -1.87. The van der Waals surface area contributed by atoms with Crippen LogP contribution in [-0.2, 0) is 0 Å². The number of hydrogen-bond donors (Lipinski definition) is 0. The number of rotatable bonds is 5. The second-order valence-electron chi connectivity index (χ2n) is 3.37. The molecular formula is C11H18. The molecular weight excluding hydrogens is 132 g/mol. The van der Waals surface area contributed by atoms with Crippen LogP contribution in [0, 0.1) is 11.8 Å². The van der Waals surface area contributed by atoms with Crippen LogP contribution in [0.3, 0.4) is 0 Å². The largest absolute Gasteiger partial charge is 0.103 e. The molecule has 0 heterocycles. The molecule has 0 aliphatic heterocycles. The summed E-state index contributed by atoms with van der Waals surface area (Å²) in [7, 11) is 0. The molecule has 0 unspecified atom stereocenters. The highest BCUT2D eigenvalue weighted by molar-refractivity contribution is 5.08. The van der Waals surface area contributed by atoms with Gasteiger partial charge in [-0.25, -0.2) is 0 Å². The molecule has 0 saturated heterocycles. The van der Waals surface area contributed by atoms with Crippen LogP contribution >= 0.6 is 0 Å². The third kappa shape index (κ3) is 2.92. The van der Waals surface area contributed by atoms with E-state index in [2.05, 4.69) is 31.7 Å². The van der Waals surface area contributed by atoms with Crippen molar-refractivity contribution in [2.45, 2.75) is 32.6 Å². The van der Waals surface area contributed by atoms with Crippen molar-refractivity contribution in [3.63, 3.8) is 0 Å². The van der Waals surface area contributed by atoms with Crippen molar-refractivity contribution in [2.75, 3.05) is 0 Å². The molecule has 1 aliphatic carbocycles. The van der Waals surface area contributed by atoms with Crippen molar-refractivity contribution < 1.29 is 0 Å². The van der Waals surface area contributed by atoms with Crippen LogP contribution in [0.1, 0.15) is 32.6 Å². The van der Waals surface area contributed by atoms with Crippen LogP contribution in [0.5, 0.6) is 0 Å². The predicted molar refractivity (Wildman–Crippen MR) is 50.5 cm³/mol. The summed E-state index contributed by atoms with van der Waals surface area (Å²) in [5.41, 5.74) is 0. The lowest BCUT2D eigenvalue weighted by molar-refractivity contribution is 0.810. The molecule has 0 N–H and O–H groups in total. The van der Waals surface area contributed by atoms with Crippen molar-refractivity contribution >= 4 is 0 Å². The maximum atomic E-state index is 3.78. The summed E-state index contributed by atoms with van der Waals surface area (Å²) in [5.74, 6) is 1.64. The minimum absolute atomic E-state index is 0.799. The Morgan fingerprint density at radius 3 is 2.82 bits per heavy atom. The van der Waals surface area contributed by atoms with Crippen LogP contribution in [-0.4, -0.2) is 0 Å². The smallest absolute Gasteiger partial charge is 0.0165 e. The van der Waals surface area contributed by atoms with Gasteiger partial charge in [0.2, 0.25) is 0 Å². The summed E-state index contributed by atoms with van der Waals surface area (Å²) in [6.45, 7) is 6.02. The first kappa shape index (κ1) is 8.58. The van der Waals surface area contributed by atoms with Crippen LogP contribution in [0.2, 0.25) is 0 Å². The monoisotopic (exact) mass is 150 g/mol. The molecule has 1 aliphatic rings. The molecule has 0 radical (unpaired) electrons. The number of unbranched alkanes of at least 4 members (excludes halogenated alkanes) is 2. The molecule has 1 fully saturated rings. The van der Waals surface area contributed by atoms with Gasteiger partial charge in [-0.3, -0.25) is 0 Å². The Bertz CT molecular complexity index is 144. The van der Waals surface area contributed by atoms with E-state index in [4.69, 9.17) is 0 Å². The van der Waals surface area contributed by atoms with E-state index in [1.807, 2.05) is 0 Å². The molecule has 0 aromatic rings. The zero-order valence-corrected chi connectivity index (χ0v) is 7.42. The van der Waals surface area contributed by atoms with Crippen molar-refractivity contribution in [1.82, 2.24) is 0 Å². The third-order valence-corrected chi connectivity index (χ3v) is 2.30. The normalized spacial score (nSPS) is 29.2. The third-order valence-electron chi connectivity index (χ3n) is 2.30. The minimum Gasteiger partial charge on any atom is -0.103 e. The second-order valence-corrected chi connectivity index (χ2v) is 3.37. The molecule has 0 aromatic carbocycles. The van der Waals surface area contributed by atoms with Gasteiger partial charge < -0.3 is 0 Å². The molecule has 0 amide bonds. The van der Waals surface area contributed by atoms with Gasteiger partial charge in [0.15, 0.2) is 0 Å². The summed E-state index contributed by atoms with van der Waals surface area (Å²) in [6.07, 6.45) is 12.0. The summed E-state index contributed by atoms with van der Waals surface area (Å²) in [4.78, 5) is 0. The van der Waals surface area contributed by atoms with Gasteiger partial charge in [0.25, 0.3) is 0 Å². The summed E-state index contributed by atoms with van der Waals surface area (Å²) in [5, 5.41) is 0. The first-order valence-electron chi connectivity index (χ1n) is 4.67. The number of hydrogen-bond acceptors (Lipinski definition) is 0. The average molecular weight is 150 g/mol. The molecule has 62 valence electrons. The molecule has 0 nitrogen and oxygen atoms in total. The summed E-state index contributed by atoms with van der Waals surface area (Å²) >= 11 is 0. The highest BCUT2D eigenvalue weighted by Crippen LogP contribution is 2.40. The molecule has 2 atom stereocenters. The van der Waals surface area contributed by atoms with E-state index in [-0.39, 0.29) is 0 Å². The Morgan fingerprint density at radius 2 is 2.27 bits per heavy atom. The van der Waals surface area contributed by atoms with E-state index in [0.29, 0.717) is 0 Å². The zero-order chi connectivity index (χ0) is 8.10. The van der Waals surface area contributed by atoms with Crippen LogP contribution in [0.4, 0.5) is 0 Å². The molecule has 0 aromatic heterocycles. The first-order valence-corrected chi connectivity index (χ1v) is 4.67. The lowest BCUT2D eigenvalue weighted by atomic mass is 10.2.